The molecule has 4 aromatic rings. The second-order valence-electron chi connectivity index (χ2n) is 6.97. The lowest BCUT2D eigenvalue weighted by atomic mass is 10.0. The van der Waals surface area contributed by atoms with E-state index in [0.717, 1.165) is 21.9 Å². The van der Waals surface area contributed by atoms with E-state index in [-0.39, 0.29) is 5.91 Å². The summed E-state index contributed by atoms with van der Waals surface area (Å²) in [6, 6.07) is 28.3. The van der Waals surface area contributed by atoms with E-state index in [1.807, 2.05) is 54.6 Å². The molecule has 0 spiro atoms. The number of nitrogens with one attached hydrogen (secondary N) is 1. The predicted octanol–water partition coefficient (Wildman–Crippen LogP) is 5.82. The number of benzene rings is 4. The first-order valence-electron chi connectivity index (χ1n) is 9.87. The zero-order valence-corrected chi connectivity index (χ0v) is 18.5. The Hall–Kier alpha value is -3.95. The minimum absolute atomic E-state index is 0.311. The summed E-state index contributed by atoms with van der Waals surface area (Å²) in [6.07, 6.45) is 1.60. The summed E-state index contributed by atoms with van der Waals surface area (Å²) < 4.78 is 6.77. The van der Waals surface area contributed by atoms with Crippen LogP contribution >= 0.6 is 15.9 Å². The highest BCUT2D eigenvalue weighted by molar-refractivity contribution is 9.10. The molecule has 0 fully saturated rings. The number of hydrogen-bond donors (Lipinski definition) is 1. The largest absolute Gasteiger partial charge is 0.488 e. The number of fused-ring (bicyclic) bond motifs is 1. The molecule has 0 atom stereocenters. The first-order valence-corrected chi connectivity index (χ1v) is 10.7. The minimum atomic E-state index is -0.311. The average Bonchev–Trinajstić information content (AvgIpc) is 2.83. The van der Waals surface area contributed by atoms with Crippen molar-refractivity contribution in [3.05, 3.63) is 112 Å². The van der Waals surface area contributed by atoms with Crippen molar-refractivity contribution in [2.24, 2.45) is 5.10 Å². The van der Waals surface area contributed by atoms with Gasteiger partial charge in [0.15, 0.2) is 0 Å². The standard InChI is InChI=1S/C26H18BrN3O2/c27-24-8-4-3-7-22(24)26(31)30-29-16-23-21-6-2-1-5-20(21)13-14-25(23)32-17-19-11-9-18(15-28)10-12-19/h1-14,16H,17H2,(H,30,31)/b29-16+. The van der Waals surface area contributed by atoms with Gasteiger partial charge in [0.2, 0.25) is 0 Å². The van der Waals surface area contributed by atoms with Crippen molar-refractivity contribution in [2.45, 2.75) is 6.61 Å². The fourth-order valence-electron chi connectivity index (χ4n) is 3.23. The summed E-state index contributed by atoms with van der Waals surface area (Å²) in [4.78, 5) is 12.5. The molecular weight excluding hydrogens is 466 g/mol. The zero-order valence-electron chi connectivity index (χ0n) is 17.0. The van der Waals surface area contributed by atoms with Crippen molar-refractivity contribution in [1.29, 1.82) is 5.26 Å². The van der Waals surface area contributed by atoms with E-state index in [1.54, 1.807) is 36.5 Å². The molecule has 32 heavy (non-hydrogen) atoms. The monoisotopic (exact) mass is 483 g/mol. The van der Waals surface area contributed by atoms with Gasteiger partial charge in [-0.05, 0) is 62.6 Å². The summed E-state index contributed by atoms with van der Waals surface area (Å²) in [5.74, 6) is 0.334. The van der Waals surface area contributed by atoms with Crippen molar-refractivity contribution in [3.63, 3.8) is 0 Å². The fourth-order valence-corrected chi connectivity index (χ4v) is 3.70. The van der Waals surface area contributed by atoms with Crippen LogP contribution in [0, 0.1) is 11.3 Å². The lowest BCUT2D eigenvalue weighted by molar-refractivity contribution is 0.0954. The van der Waals surface area contributed by atoms with Gasteiger partial charge in [-0.3, -0.25) is 4.79 Å². The van der Waals surface area contributed by atoms with Gasteiger partial charge in [0.1, 0.15) is 12.4 Å². The van der Waals surface area contributed by atoms with Crippen LogP contribution < -0.4 is 10.2 Å². The van der Waals surface area contributed by atoms with E-state index in [9.17, 15) is 4.79 Å². The third kappa shape index (κ3) is 4.85. The summed E-state index contributed by atoms with van der Waals surface area (Å²) >= 11 is 3.38. The Kier molecular flexibility index (Phi) is 6.59. The van der Waals surface area contributed by atoms with Crippen LogP contribution in [0.5, 0.6) is 5.75 Å². The minimum Gasteiger partial charge on any atom is -0.488 e. The normalized spacial score (nSPS) is 10.8. The van der Waals surface area contributed by atoms with E-state index < -0.39 is 0 Å². The van der Waals surface area contributed by atoms with Crippen molar-refractivity contribution < 1.29 is 9.53 Å². The predicted molar refractivity (Wildman–Crippen MR) is 129 cm³/mol. The average molecular weight is 484 g/mol. The van der Waals surface area contributed by atoms with Gasteiger partial charge in [-0.2, -0.15) is 10.4 Å². The maximum absolute atomic E-state index is 12.5. The van der Waals surface area contributed by atoms with Crippen LogP contribution in [0.4, 0.5) is 0 Å². The van der Waals surface area contributed by atoms with Gasteiger partial charge in [-0.1, -0.05) is 54.6 Å². The molecular formula is C26H18BrN3O2. The second-order valence-corrected chi connectivity index (χ2v) is 7.83. The molecule has 6 heteroatoms. The van der Waals surface area contributed by atoms with Gasteiger partial charge >= 0.3 is 0 Å². The summed E-state index contributed by atoms with van der Waals surface area (Å²) in [6.45, 7) is 0.341. The van der Waals surface area contributed by atoms with Gasteiger partial charge in [0.05, 0.1) is 23.4 Å². The summed E-state index contributed by atoms with van der Waals surface area (Å²) in [5.41, 5.74) is 5.40. The Morgan fingerprint density at radius 1 is 1.00 bits per heavy atom. The van der Waals surface area contributed by atoms with Crippen LogP contribution in [0.25, 0.3) is 10.8 Å². The molecule has 156 valence electrons. The lowest BCUT2D eigenvalue weighted by Crippen LogP contribution is -2.18. The number of hydrazone groups is 1. The SMILES string of the molecule is N#Cc1ccc(COc2ccc3ccccc3c2/C=N/NC(=O)c2ccccc2Br)cc1. The molecule has 5 nitrogen and oxygen atoms in total. The number of rotatable bonds is 6. The number of ether oxygens (including phenoxy) is 1. The van der Waals surface area contributed by atoms with Gasteiger partial charge in [-0.25, -0.2) is 5.43 Å². The molecule has 1 amide bonds. The Morgan fingerprint density at radius 2 is 1.75 bits per heavy atom. The molecule has 0 radical (unpaired) electrons. The van der Waals surface area contributed by atoms with Gasteiger partial charge in [0.25, 0.3) is 5.91 Å². The second kappa shape index (κ2) is 9.90. The number of nitriles is 1. The van der Waals surface area contributed by atoms with Crippen LogP contribution in [0.1, 0.15) is 27.0 Å². The van der Waals surface area contributed by atoms with Crippen molar-refractivity contribution >= 4 is 38.8 Å². The van der Waals surface area contributed by atoms with Crippen molar-refractivity contribution in [2.75, 3.05) is 0 Å². The number of carbonyl (C=O) groups excluding carboxylic acids is 1. The lowest BCUT2D eigenvalue weighted by Gasteiger charge is -2.12. The number of nitrogens with zero attached hydrogens (tertiary/aromatic N) is 2. The van der Waals surface area contributed by atoms with Crippen molar-refractivity contribution in [1.82, 2.24) is 5.43 Å². The van der Waals surface area contributed by atoms with Crippen LogP contribution in [0.3, 0.4) is 0 Å². The molecule has 0 aliphatic heterocycles. The van der Waals surface area contributed by atoms with E-state index in [0.29, 0.717) is 28.0 Å². The Morgan fingerprint density at radius 3 is 2.53 bits per heavy atom. The van der Waals surface area contributed by atoms with Crippen LogP contribution in [-0.2, 0) is 6.61 Å². The number of carbonyl (C=O) groups is 1. The topological polar surface area (TPSA) is 74.5 Å². The Bertz CT molecular complexity index is 1340. The molecule has 4 aromatic carbocycles. The molecule has 0 aliphatic carbocycles. The van der Waals surface area contributed by atoms with Gasteiger partial charge < -0.3 is 4.74 Å². The molecule has 0 bridgehead atoms. The molecule has 0 unspecified atom stereocenters. The first-order chi connectivity index (χ1) is 15.7. The summed E-state index contributed by atoms with van der Waals surface area (Å²) in [5, 5.41) is 15.1. The highest BCUT2D eigenvalue weighted by Crippen LogP contribution is 2.27. The Labute approximate surface area is 194 Å². The molecule has 1 N–H and O–H groups in total. The van der Waals surface area contributed by atoms with E-state index in [1.165, 1.54) is 0 Å². The molecule has 0 saturated carbocycles. The highest BCUT2D eigenvalue weighted by atomic mass is 79.9. The van der Waals surface area contributed by atoms with Crippen LogP contribution in [0.2, 0.25) is 0 Å². The third-order valence-corrected chi connectivity index (χ3v) is 5.58. The molecule has 0 aliphatic rings. The Balaban J connectivity index is 1.58. The maximum Gasteiger partial charge on any atom is 0.272 e. The number of hydrogen-bond acceptors (Lipinski definition) is 4. The van der Waals surface area contributed by atoms with E-state index >= 15 is 0 Å². The molecule has 0 aromatic heterocycles. The third-order valence-electron chi connectivity index (χ3n) is 4.89. The van der Waals surface area contributed by atoms with Gasteiger partial charge in [-0.15, -0.1) is 0 Å². The highest BCUT2D eigenvalue weighted by Gasteiger charge is 2.10. The number of halogens is 1. The van der Waals surface area contributed by atoms with Crippen LogP contribution in [-0.4, -0.2) is 12.1 Å². The fraction of sp³-hybridized carbons (Fsp3) is 0.0385. The molecule has 0 saturated heterocycles. The quantitative estimate of drug-likeness (QED) is 0.277. The zero-order chi connectivity index (χ0) is 22.3. The first kappa shape index (κ1) is 21.3. The van der Waals surface area contributed by atoms with Crippen LogP contribution in [0.15, 0.2) is 94.5 Å². The summed E-state index contributed by atoms with van der Waals surface area (Å²) in [7, 11) is 0. The number of amides is 1. The molecule has 0 heterocycles. The smallest absolute Gasteiger partial charge is 0.272 e. The molecule has 4 rings (SSSR count). The van der Waals surface area contributed by atoms with E-state index in [2.05, 4.69) is 32.5 Å². The maximum atomic E-state index is 12.5. The van der Waals surface area contributed by atoms with Gasteiger partial charge in [0, 0.05) is 10.0 Å². The van der Waals surface area contributed by atoms with E-state index in [4.69, 9.17) is 10.00 Å². The van der Waals surface area contributed by atoms with Crippen molar-refractivity contribution in [3.8, 4) is 11.8 Å².